The van der Waals surface area contributed by atoms with Crippen LogP contribution in [0.15, 0.2) is 60.9 Å². The number of pyridine rings is 1. The molecule has 7 nitrogen and oxygen atoms in total. The van der Waals surface area contributed by atoms with Crippen LogP contribution in [-0.4, -0.2) is 59.0 Å². The van der Waals surface area contributed by atoms with Gasteiger partial charge in [-0.1, -0.05) is 18.2 Å². The molecule has 0 atom stereocenters. The van der Waals surface area contributed by atoms with Crippen LogP contribution in [0.3, 0.4) is 0 Å². The van der Waals surface area contributed by atoms with E-state index in [1.54, 1.807) is 31.6 Å². The molecule has 0 aliphatic carbocycles. The number of methoxy groups -OCH3 is 1. The van der Waals surface area contributed by atoms with Crippen molar-refractivity contribution >= 4 is 11.9 Å². The van der Waals surface area contributed by atoms with E-state index in [-0.39, 0.29) is 5.91 Å². The lowest BCUT2D eigenvalue weighted by Gasteiger charge is -2.35. The smallest absolute Gasteiger partial charge is 0.257 e. The summed E-state index contributed by atoms with van der Waals surface area (Å²) in [4.78, 5) is 30.2. The van der Waals surface area contributed by atoms with E-state index in [0.717, 1.165) is 11.4 Å². The van der Waals surface area contributed by atoms with E-state index < -0.39 is 0 Å². The molecule has 1 aliphatic rings. The average Bonchev–Trinajstić information content (AvgIpc) is 2.79. The molecule has 1 aliphatic heterocycles. The number of nitrogens with zero attached hydrogens (tertiary/aromatic N) is 5. The number of para-hydroxylation sites is 1. The van der Waals surface area contributed by atoms with E-state index >= 15 is 0 Å². The van der Waals surface area contributed by atoms with Crippen molar-refractivity contribution in [1.82, 2.24) is 19.9 Å². The Morgan fingerprint density at radius 1 is 0.893 bits per heavy atom. The summed E-state index contributed by atoms with van der Waals surface area (Å²) in [6, 6.07) is 14.9. The van der Waals surface area contributed by atoms with Crippen LogP contribution in [0.2, 0.25) is 0 Å². The van der Waals surface area contributed by atoms with Crippen molar-refractivity contribution in [3.63, 3.8) is 0 Å². The number of amides is 1. The van der Waals surface area contributed by atoms with Gasteiger partial charge in [0.05, 0.1) is 24.1 Å². The highest BCUT2D eigenvalue weighted by Crippen LogP contribution is 2.21. The molecule has 1 amide bonds. The lowest BCUT2D eigenvalue weighted by molar-refractivity contribution is 0.0743. The Bertz CT molecular complexity index is 956. The Hall–Kier alpha value is -3.48. The summed E-state index contributed by atoms with van der Waals surface area (Å²) in [5.74, 6) is 1.24. The molecule has 3 aromatic rings. The molecule has 1 saturated heterocycles. The number of carbonyl (C=O) groups is 1. The number of piperazine rings is 1. The fourth-order valence-electron chi connectivity index (χ4n) is 3.26. The topological polar surface area (TPSA) is 71.5 Å². The average molecular weight is 375 g/mol. The van der Waals surface area contributed by atoms with Crippen LogP contribution in [0.1, 0.15) is 10.4 Å². The zero-order valence-corrected chi connectivity index (χ0v) is 15.7. The summed E-state index contributed by atoms with van der Waals surface area (Å²) in [7, 11) is 1.58. The van der Waals surface area contributed by atoms with E-state index in [1.165, 1.54) is 0 Å². The van der Waals surface area contributed by atoms with Crippen molar-refractivity contribution in [3.05, 3.63) is 66.5 Å². The molecule has 142 valence electrons. The third-order valence-corrected chi connectivity index (χ3v) is 4.76. The minimum atomic E-state index is -0.0137. The molecule has 0 unspecified atom stereocenters. The number of hydrogen-bond donors (Lipinski definition) is 0. The number of rotatable bonds is 4. The summed E-state index contributed by atoms with van der Waals surface area (Å²) >= 11 is 0. The van der Waals surface area contributed by atoms with Gasteiger partial charge in [-0.15, -0.1) is 0 Å². The molecule has 3 heterocycles. The molecule has 4 rings (SSSR count). The Labute approximate surface area is 163 Å². The lowest BCUT2D eigenvalue weighted by atomic mass is 10.1. The van der Waals surface area contributed by atoms with Gasteiger partial charge in [0.1, 0.15) is 5.75 Å². The molecule has 1 aromatic carbocycles. The largest absolute Gasteiger partial charge is 0.496 e. The molecule has 0 radical (unpaired) electrons. The van der Waals surface area contributed by atoms with Gasteiger partial charge in [-0.25, -0.2) is 9.97 Å². The van der Waals surface area contributed by atoms with Gasteiger partial charge in [0.15, 0.2) is 0 Å². The highest BCUT2D eigenvalue weighted by molar-refractivity contribution is 5.97. The van der Waals surface area contributed by atoms with Crippen molar-refractivity contribution in [3.8, 4) is 17.1 Å². The van der Waals surface area contributed by atoms with Gasteiger partial charge in [-0.2, -0.15) is 0 Å². The molecule has 0 spiro atoms. The van der Waals surface area contributed by atoms with Crippen LogP contribution < -0.4 is 9.64 Å². The third-order valence-electron chi connectivity index (χ3n) is 4.76. The molecular formula is C21H21N5O2. The zero-order valence-electron chi connectivity index (χ0n) is 15.7. The Morgan fingerprint density at radius 3 is 2.43 bits per heavy atom. The molecule has 28 heavy (non-hydrogen) atoms. The van der Waals surface area contributed by atoms with Crippen LogP contribution in [0.25, 0.3) is 11.4 Å². The van der Waals surface area contributed by atoms with Gasteiger partial charge in [-0.05, 0) is 30.3 Å². The number of hydrogen-bond acceptors (Lipinski definition) is 6. The number of ether oxygens (including phenoxy) is 1. The van der Waals surface area contributed by atoms with Crippen LogP contribution in [-0.2, 0) is 0 Å². The van der Waals surface area contributed by atoms with Crippen LogP contribution in [0, 0.1) is 0 Å². The highest BCUT2D eigenvalue weighted by atomic mass is 16.5. The van der Waals surface area contributed by atoms with E-state index in [4.69, 9.17) is 4.74 Å². The molecule has 0 N–H and O–H groups in total. The minimum Gasteiger partial charge on any atom is -0.496 e. The maximum absolute atomic E-state index is 12.8. The summed E-state index contributed by atoms with van der Waals surface area (Å²) in [5.41, 5.74) is 2.20. The normalized spacial score (nSPS) is 14.0. The Balaban J connectivity index is 1.45. The maximum atomic E-state index is 12.8. The minimum absolute atomic E-state index is 0.0137. The second-order valence-electron chi connectivity index (χ2n) is 6.44. The number of aromatic nitrogens is 3. The van der Waals surface area contributed by atoms with Gasteiger partial charge in [0.25, 0.3) is 5.91 Å². The number of benzene rings is 1. The standard InChI is InChI=1S/C21H21N5O2/c1-28-19-8-3-2-6-16(19)20(27)25-12-14-26(15-13-25)21-23-11-9-18(24-21)17-7-4-5-10-22-17/h2-11H,12-15H2,1H3. The predicted octanol–water partition coefficient (Wildman–Crippen LogP) is 2.51. The molecule has 2 aromatic heterocycles. The van der Waals surface area contributed by atoms with Crippen molar-refractivity contribution < 1.29 is 9.53 Å². The van der Waals surface area contributed by atoms with E-state index in [2.05, 4.69) is 19.9 Å². The van der Waals surface area contributed by atoms with Gasteiger partial charge in [0.2, 0.25) is 5.95 Å². The number of anilines is 1. The molecule has 1 fully saturated rings. The quantitative estimate of drug-likeness (QED) is 0.698. The first kappa shape index (κ1) is 17.9. The zero-order chi connectivity index (χ0) is 19.3. The lowest BCUT2D eigenvalue weighted by Crippen LogP contribution is -2.49. The third kappa shape index (κ3) is 3.64. The number of carbonyl (C=O) groups excluding carboxylic acids is 1. The van der Waals surface area contributed by atoms with E-state index in [0.29, 0.717) is 43.4 Å². The molecule has 7 heteroatoms. The second-order valence-corrected chi connectivity index (χ2v) is 6.44. The van der Waals surface area contributed by atoms with Crippen molar-refractivity contribution in [2.24, 2.45) is 0 Å². The van der Waals surface area contributed by atoms with Gasteiger partial charge in [-0.3, -0.25) is 9.78 Å². The highest BCUT2D eigenvalue weighted by Gasteiger charge is 2.25. The van der Waals surface area contributed by atoms with Crippen LogP contribution in [0.5, 0.6) is 5.75 Å². The van der Waals surface area contributed by atoms with Crippen LogP contribution in [0.4, 0.5) is 5.95 Å². The Kier molecular flexibility index (Phi) is 5.14. The maximum Gasteiger partial charge on any atom is 0.257 e. The van der Waals surface area contributed by atoms with Crippen molar-refractivity contribution in [1.29, 1.82) is 0 Å². The Morgan fingerprint density at radius 2 is 1.68 bits per heavy atom. The molecule has 0 bridgehead atoms. The SMILES string of the molecule is COc1ccccc1C(=O)N1CCN(c2nccc(-c3ccccn3)n2)CC1. The summed E-state index contributed by atoms with van der Waals surface area (Å²) in [6.45, 7) is 2.56. The first-order valence-corrected chi connectivity index (χ1v) is 9.18. The molecular weight excluding hydrogens is 354 g/mol. The summed E-state index contributed by atoms with van der Waals surface area (Å²) in [6.07, 6.45) is 3.50. The predicted molar refractivity (Wildman–Crippen MR) is 106 cm³/mol. The second kappa shape index (κ2) is 8.04. The fourth-order valence-corrected chi connectivity index (χ4v) is 3.26. The first-order valence-electron chi connectivity index (χ1n) is 9.18. The van der Waals surface area contributed by atoms with Crippen LogP contribution >= 0.6 is 0 Å². The summed E-state index contributed by atoms with van der Waals surface area (Å²) in [5, 5.41) is 0. The van der Waals surface area contributed by atoms with E-state index in [1.807, 2.05) is 41.3 Å². The van der Waals surface area contributed by atoms with Gasteiger partial charge >= 0.3 is 0 Å². The monoisotopic (exact) mass is 375 g/mol. The summed E-state index contributed by atoms with van der Waals surface area (Å²) < 4.78 is 5.32. The van der Waals surface area contributed by atoms with E-state index in [9.17, 15) is 4.79 Å². The van der Waals surface area contributed by atoms with Gasteiger partial charge in [0, 0.05) is 38.6 Å². The molecule has 0 saturated carbocycles. The first-order chi connectivity index (χ1) is 13.8. The van der Waals surface area contributed by atoms with Gasteiger partial charge < -0.3 is 14.5 Å². The van der Waals surface area contributed by atoms with Crippen molar-refractivity contribution in [2.45, 2.75) is 0 Å². The fraction of sp³-hybridized carbons (Fsp3) is 0.238. The van der Waals surface area contributed by atoms with Crippen molar-refractivity contribution in [2.75, 3.05) is 38.2 Å².